The van der Waals surface area contributed by atoms with Gasteiger partial charge in [0.05, 0.1) is 34.5 Å². The first kappa shape index (κ1) is 23.7. The molecule has 8 heteroatoms. The summed E-state index contributed by atoms with van der Waals surface area (Å²) in [5.41, 5.74) is 3.52. The van der Waals surface area contributed by atoms with Crippen LogP contribution < -0.4 is 24.8 Å². The normalized spacial score (nSPS) is 14.7. The number of morpholine rings is 1. The molecule has 0 saturated carbocycles. The summed E-state index contributed by atoms with van der Waals surface area (Å²) in [6.07, 6.45) is 0. The molecule has 1 aliphatic rings. The first-order valence-corrected chi connectivity index (χ1v) is 10.8. The minimum absolute atomic E-state index is 0.564. The lowest BCUT2D eigenvalue weighted by Gasteiger charge is -2.26. The minimum Gasteiger partial charge on any atom is -0.493 e. The molecule has 0 atom stereocenters. The van der Waals surface area contributed by atoms with E-state index in [4.69, 9.17) is 18.9 Å². The molecular weight excluding hydrogens is 408 g/mol. The highest BCUT2D eigenvalue weighted by Crippen LogP contribution is 2.38. The lowest BCUT2D eigenvalue weighted by Crippen LogP contribution is -2.36. The second-order valence-electron chi connectivity index (χ2n) is 7.52. The Kier molecular flexibility index (Phi) is 9.01. The van der Waals surface area contributed by atoms with E-state index in [9.17, 15) is 0 Å². The molecular formula is C24H34N4O4. The average molecular weight is 443 g/mol. The Labute approximate surface area is 190 Å². The van der Waals surface area contributed by atoms with E-state index in [1.807, 2.05) is 12.1 Å². The van der Waals surface area contributed by atoms with Crippen LogP contribution in [0.2, 0.25) is 0 Å². The van der Waals surface area contributed by atoms with Crippen molar-refractivity contribution in [3.63, 3.8) is 0 Å². The summed E-state index contributed by atoms with van der Waals surface area (Å²) in [7, 11) is 6.58. The fraction of sp³-hybridized carbons (Fsp3) is 0.458. The summed E-state index contributed by atoms with van der Waals surface area (Å²) in [6.45, 7) is 5.86. The number of hydrogen-bond donors (Lipinski definition) is 2. The van der Waals surface area contributed by atoms with E-state index in [-0.39, 0.29) is 0 Å². The Bertz CT molecular complexity index is 855. The largest absolute Gasteiger partial charge is 0.493 e. The fourth-order valence-corrected chi connectivity index (χ4v) is 3.61. The van der Waals surface area contributed by atoms with Gasteiger partial charge >= 0.3 is 0 Å². The second kappa shape index (κ2) is 12.2. The van der Waals surface area contributed by atoms with Crippen LogP contribution in [0.15, 0.2) is 41.4 Å². The van der Waals surface area contributed by atoms with Crippen LogP contribution in [0.3, 0.4) is 0 Å². The third-order valence-electron chi connectivity index (χ3n) is 5.40. The Balaban J connectivity index is 1.52. The molecule has 0 bridgehead atoms. The SMILES string of the molecule is CN=C(NCc1ccc(CN2CCOCC2)cc1)NCc1cc(OC)c(OC)c(OC)c1. The van der Waals surface area contributed by atoms with E-state index >= 15 is 0 Å². The van der Waals surface area contributed by atoms with Crippen LogP contribution in [0.1, 0.15) is 16.7 Å². The molecule has 0 unspecified atom stereocenters. The van der Waals surface area contributed by atoms with E-state index in [1.165, 1.54) is 11.1 Å². The molecule has 1 fully saturated rings. The number of methoxy groups -OCH3 is 3. The molecule has 0 aliphatic carbocycles. The standard InChI is InChI=1S/C24H34N4O4/c1-25-24(27-16-20-13-21(29-2)23(31-4)22(14-20)30-3)26-15-18-5-7-19(8-6-18)17-28-9-11-32-12-10-28/h5-8,13-14H,9-12,15-17H2,1-4H3,(H2,25,26,27). The molecule has 0 radical (unpaired) electrons. The van der Waals surface area contributed by atoms with Crippen LogP contribution in [-0.2, 0) is 24.4 Å². The summed E-state index contributed by atoms with van der Waals surface area (Å²) < 4.78 is 21.7. The highest BCUT2D eigenvalue weighted by atomic mass is 16.5. The maximum absolute atomic E-state index is 5.43. The van der Waals surface area contributed by atoms with Gasteiger partial charge in [-0.15, -0.1) is 0 Å². The maximum atomic E-state index is 5.43. The zero-order valence-corrected chi connectivity index (χ0v) is 19.4. The number of hydrogen-bond acceptors (Lipinski definition) is 6. The second-order valence-corrected chi connectivity index (χ2v) is 7.52. The van der Waals surface area contributed by atoms with E-state index in [0.717, 1.165) is 44.4 Å². The van der Waals surface area contributed by atoms with Crippen LogP contribution in [0.25, 0.3) is 0 Å². The molecule has 2 aromatic rings. The third-order valence-corrected chi connectivity index (χ3v) is 5.40. The fourth-order valence-electron chi connectivity index (χ4n) is 3.61. The number of benzene rings is 2. The van der Waals surface area contributed by atoms with Gasteiger partial charge in [-0.1, -0.05) is 24.3 Å². The van der Waals surface area contributed by atoms with Gasteiger partial charge in [0.2, 0.25) is 5.75 Å². The van der Waals surface area contributed by atoms with Gasteiger partial charge in [0, 0.05) is 39.8 Å². The molecule has 2 aromatic carbocycles. The first-order chi connectivity index (χ1) is 15.7. The van der Waals surface area contributed by atoms with Crippen LogP contribution in [0.4, 0.5) is 0 Å². The van der Waals surface area contributed by atoms with Gasteiger partial charge in [-0.2, -0.15) is 0 Å². The molecule has 3 rings (SSSR count). The van der Waals surface area contributed by atoms with Gasteiger partial charge in [-0.25, -0.2) is 0 Å². The average Bonchev–Trinajstić information content (AvgIpc) is 2.85. The molecule has 0 aromatic heterocycles. The molecule has 0 amide bonds. The summed E-state index contributed by atoms with van der Waals surface area (Å²) >= 11 is 0. The van der Waals surface area contributed by atoms with Gasteiger partial charge in [0.25, 0.3) is 0 Å². The number of nitrogens with one attached hydrogen (secondary N) is 2. The summed E-state index contributed by atoms with van der Waals surface area (Å²) in [4.78, 5) is 6.74. The van der Waals surface area contributed by atoms with Crippen LogP contribution in [0, 0.1) is 0 Å². The molecule has 0 spiro atoms. The van der Waals surface area contributed by atoms with E-state index < -0.39 is 0 Å². The van der Waals surface area contributed by atoms with Crippen molar-refractivity contribution in [3.8, 4) is 17.2 Å². The highest BCUT2D eigenvalue weighted by molar-refractivity contribution is 5.79. The van der Waals surface area contributed by atoms with Gasteiger partial charge in [0.1, 0.15) is 0 Å². The van der Waals surface area contributed by atoms with Crippen molar-refractivity contribution in [2.24, 2.45) is 4.99 Å². The number of aliphatic imine (C=N–C) groups is 1. The van der Waals surface area contributed by atoms with Crippen molar-refractivity contribution in [3.05, 3.63) is 53.1 Å². The third kappa shape index (κ3) is 6.51. The Morgan fingerprint density at radius 3 is 1.97 bits per heavy atom. The Morgan fingerprint density at radius 1 is 0.875 bits per heavy atom. The molecule has 1 saturated heterocycles. The van der Waals surface area contributed by atoms with Crippen molar-refractivity contribution in [2.45, 2.75) is 19.6 Å². The van der Waals surface area contributed by atoms with Crippen molar-refractivity contribution in [2.75, 3.05) is 54.7 Å². The lowest BCUT2D eigenvalue weighted by atomic mass is 10.1. The zero-order valence-electron chi connectivity index (χ0n) is 19.4. The quantitative estimate of drug-likeness (QED) is 0.456. The molecule has 2 N–H and O–H groups in total. The predicted octanol–water partition coefficient (Wildman–Crippen LogP) is 2.41. The van der Waals surface area contributed by atoms with Crippen LogP contribution in [0.5, 0.6) is 17.2 Å². The number of guanidine groups is 1. The monoisotopic (exact) mass is 442 g/mol. The smallest absolute Gasteiger partial charge is 0.203 e. The predicted molar refractivity (Wildman–Crippen MR) is 126 cm³/mol. The first-order valence-electron chi connectivity index (χ1n) is 10.8. The summed E-state index contributed by atoms with van der Waals surface area (Å²) in [6, 6.07) is 12.6. The number of ether oxygens (including phenoxy) is 4. The summed E-state index contributed by atoms with van der Waals surface area (Å²) in [5, 5.41) is 6.69. The molecule has 32 heavy (non-hydrogen) atoms. The zero-order chi connectivity index (χ0) is 22.8. The minimum atomic E-state index is 0.564. The highest BCUT2D eigenvalue weighted by Gasteiger charge is 2.13. The molecule has 8 nitrogen and oxygen atoms in total. The van der Waals surface area contributed by atoms with Crippen LogP contribution >= 0.6 is 0 Å². The number of rotatable bonds is 9. The van der Waals surface area contributed by atoms with Crippen LogP contribution in [-0.4, -0.2) is 65.5 Å². The van der Waals surface area contributed by atoms with E-state index in [0.29, 0.717) is 30.3 Å². The Hall–Kier alpha value is -2.97. The van der Waals surface area contributed by atoms with Gasteiger partial charge in [-0.3, -0.25) is 9.89 Å². The van der Waals surface area contributed by atoms with Gasteiger partial charge in [-0.05, 0) is 28.8 Å². The van der Waals surface area contributed by atoms with Gasteiger partial charge < -0.3 is 29.6 Å². The Morgan fingerprint density at radius 2 is 1.44 bits per heavy atom. The summed E-state index contributed by atoms with van der Waals surface area (Å²) in [5.74, 6) is 2.56. The molecule has 1 aliphatic heterocycles. The number of nitrogens with zero attached hydrogens (tertiary/aromatic N) is 2. The van der Waals surface area contributed by atoms with Crippen molar-refractivity contribution < 1.29 is 18.9 Å². The molecule has 174 valence electrons. The molecule has 1 heterocycles. The van der Waals surface area contributed by atoms with Crippen molar-refractivity contribution >= 4 is 5.96 Å². The van der Waals surface area contributed by atoms with Gasteiger partial charge in [0.15, 0.2) is 17.5 Å². The van der Waals surface area contributed by atoms with E-state index in [2.05, 4.69) is 44.8 Å². The maximum Gasteiger partial charge on any atom is 0.203 e. The van der Waals surface area contributed by atoms with Crippen molar-refractivity contribution in [1.29, 1.82) is 0 Å². The van der Waals surface area contributed by atoms with Crippen molar-refractivity contribution in [1.82, 2.24) is 15.5 Å². The topological polar surface area (TPSA) is 76.6 Å². The lowest BCUT2D eigenvalue weighted by molar-refractivity contribution is 0.0342. The van der Waals surface area contributed by atoms with E-state index in [1.54, 1.807) is 28.4 Å².